The van der Waals surface area contributed by atoms with E-state index in [-0.39, 0.29) is 12.2 Å². The van der Waals surface area contributed by atoms with Gasteiger partial charge in [0.2, 0.25) is 11.8 Å². The topological polar surface area (TPSA) is 127 Å². The molecule has 0 bridgehead atoms. The molecule has 4 N–H and O–H groups in total. The van der Waals surface area contributed by atoms with Crippen molar-refractivity contribution < 1.29 is 14.4 Å². The molecule has 1 aromatic rings. The maximum absolute atomic E-state index is 11.8. The molecule has 0 radical (unpaired) electrons. The van der Waals surface area contributed by atoms with E-state index in [1.807, 2.05) is 0 Å². The number of carbonyl (C=O) groups excluding carboxylic acids is 3. The molecule has 0 aliphatic carbocycles. The van der Waals surface area contributed by atoms with Crippen LogP contribution in [0.4, 0.5) is 0 Å². The number of nitrogens with zero attached hydrogens (tertiary/aromatic N) is 2. The first-order valence-electron chi connectivity index (χ1n) is 6.34. The second-order valence-corrected chi connectivity index (χ2v) is 5.54. The molecule has 0 unspecified atom stereocenters. The summed E-state index contributed by atoms with van der Waals surface area (Å²) in [7, 11) is 0. The van der Waals surface area contributed by atoms with Crippen molar-refractivity contribution in [1.29, 1.82) is 0 Å². The highest BCUT2D eigenvalue weighted by Gasteiger charge is 2.30. The fraction of sp³-hybridized carbons (Fsp3) is 0.462. The van der Waals surface area contributed by atoms with E-state index in [1.54, 1.807) is 20.8 Å². The lowest BCUT2D eigenvalue weighted by Crippen LogP contribution is -2.54. The summed E-state index contributed by atoms with van der Waals surface area (Å²) in [5, 5.41) is 4.89. The maximum atomic E-state index is 11.8. The molecule has 1 heterocycles. The zero-order chi connectivity index (χ0) is 16.0. The molecule has 1 rings (SSSR count). The van der Waals surface area contributed by atoms with Gasteiger partial charge >= 0.3 is 0 Å². The molecular formula is C13H19N5O3. The fourth-order valence-corrected chi connectivity index (χ4v) is 1.59. The summed E-state index contributed by atoms with van der Waals surface area (Å²) >= 11 is 0. The Morgan fingerprint density at radius 1 is 1.29 bits per heavy atom. The smallest absolute Gasteiger partial charge is 0.271 e. The van der Waals surface area contributed by atoms with Crippen LogP contribution in [-0.2, 0) is 9.59 Å². The van der Waals surface area contributed by atoms with Crippen LogP contribution in [0.5, 0.6) is 0 Å². The van der Waals surface area contributed by atoms with E-state index < -0.39 is 29.2 Å². The number of aromatic nitrogens is 2. The lowest BCUT2D eigenvalue weighted by Gasteiger charge is -2.28. The fourth-order valence-electron chi connectivity index (χ4n) is 1.59. The van der Waals surface area contributed by atoms with Gasteiger partial charge in [0.25, 0.3) is 5.91 Å². The molecule has 21 heavy (non-hydrogen) atoms. The summed E-state index contributed by atoms with van der Waals surface area (Å²) in [4.78, 5) is 42.4. The quantitative estimate of drug-likeness (QED) is 0.656. The molecule has 8 nitrogen and oxygen atoms in total. The largest absolute Gasteiger partial charge is 0.368 e. The predicted molar refractivity (Wildman–Crippen MR) is 74.9 cm³/mol. The molecule has 0 fully saturated rings. The Labute approximate surface area is 122 Å². The van der Waals surface area contributed by atoms with Gasteiger partial charge in [-0.25, -0.2) is 4.98 Å². The van der Waals surface area contributed by atoms with Crippen LogP contribution < -0.4 is 16.4 Å². The Morgan fingerprint density at radius 3 is 2.43 bits per heavy atom. The number of amides is 3. The molecule has 0 aromatic carbocycles. The number of primary amides is 1. The van der Waals surface area contributed by atoms with Gasteiger partial charge in [0.05, 0.1) is 12.7 Å². The van der Waals surface area contributed by atoms with Gasteiger partial charge in [-0.2, -0.15) is 0 Å². The first kappa shape index (κ1) is 16.5. The Bertz CT molecular complexity index is 524. The van der Waals surface area contributed by atoms with E-state index in [0.29, 0.717) is 0 Å². The summed E-state index contributed by atoms with van der Waals surface area (Å²) in [6, 6.07) is -0.821. The highest BCUT2D eigenvalue weighted by atomic mass is 16.2. The molecule has 0 saturated carbocycles. The summed E-state index contributed by atoms with van der Waals surface area (Å²) in [5.74, 6) is -1.66. The molecule has 0 spiro atoms. The Morgan fingerprint density at radius 2 is 1.95 bits per heavy atom. The van der Waals surface area contributed by atoms with Gasteiger partial charge in [-0.3, -0.25) is 19.4 Å². The van der Waals surface area contributed by atoms with E-state index in [2.05, 4.69) is 20.6 Å². The van der Waals surface area contributed by atoms with Crippen molar-refractivity contribution in [3.8, 4) is 0 Å². The van der Waals surface area contributed by atoms with Crippen molar-refractivity contribution in [1.82, 2.24) is 20.6 Å². The minimum atomic E-state index is -0.821. The summed E-state index contributed by atoms with van der Waals surface area (Å²) in [6.07, 6.45) is 4.09. The third kappa shape index (κ3) is 5.17. The number of nitrogens with two attached hydrogens (primary N) is 1. The predicted octanol–water partition coefficient (Wildman–Crippen LogP) is -0.777. The van der Waals surface area contributed by atoms with Crippen molar-refractivity contribution >= 4 is 17.7 Å². The van der Waals surface area contributed by atoms with Gasteiger partial charge in [-0.15, -0.1) is 0 Å². The summed E-state index contributed by atoms with van der Waals surface area (Å²) < 4.78 is 0. The first-order chi connectivity index (χ1) is 9.71. The summed E-state index contributed by atoms with van der Waals surface area (Å²) in [6.45, 7) is 5.05. The summed E-state index contributed by atoms with van der Waals surface area (Å²) in [5.41, 5.74) is 4.85. The standard InChI is InChI=1S/C13H19N5O3/c1-13(2,3)10(11(14)20)18-9(19)7-17-12(21)8-6-15-4-5-16-8/h4-6,10H,7H2,1-3H3,(H2,14,20)(H,17,21)(H,18,19)/t10-/m1/s1. The molecule has 0 saturated heterocycles. The van der Waals surface area contributed by atoms with E-state index >= 15 is 0 Å². The highest BCUT2D eigenvalue weighted by molar-refractivity contribution is 5.95. The van der Waals surface area contributed by atoms with Gasteiger partial charge in [0.15, 0.2) is 0 Å². The molecule has 1 aromatic heterocycles. The van der Waals surface area contributed by atoms with Crippen LogP contribution in [0, 0.1) is 5.41 Å². The maximum Gasteiger partial charge on any atom is 0.271 e. The minimum absolute atomic E-state index is 0.104. The average Bonchev–Trinajstić information content (AvgIpc) is 2.41. The van der Waals surface area contributed by atoms with Crippen LogP contribution in [-0.4, -0.2) is 40.3 Å². The molecule has 114 valence electrons. The Balaban J connectivity index is 2.54. The van der Waals surface area contributed by atoms with Crippen LogP contribution in [0.3, 0.4) is 0 Å². The van der Waals surface area contributed by atoms with Crippen molar-refractivity contribution in [3.63, 3.8) is 0 Å². The van der Waals surface area contributed by atoms with E-state index in [9.17, 15) is 14.4 Å². The van der Waals surface area contributed by atoms with E-state index in [0.717, 1.165) is 0 Å². The van der Waals surface area contributed by atoms with Gasteiger partial charge < -0.3 is 16.4 Å². The van der Waals surface area contributed by atoms with Crippen LogP contribution in [0.15, 0.2) is 18.6 Å². The van der Waals surface area contributed by atoms with Gasteiger partial charge in [0.1, 0.15) is 11.7 Å². The van der Waals surface area contributed by atoms with Crippen LogP contribution in [0.25, 0.3) is 0 Å². The molecule has 8 heteroatoms. The van der Waals surface area contributed by atoms with Gasteiger partial charge in [0, 0.05) is 12.4 Å². The van der Waals surface area contributed by atoms with Gasteiger partial charge in [-0.1, -0.05) is 20.8 Å². The lowest BCUT2D eigenvalue weighted by atomic mass is 9.86. The lowest BCUT2D eigenvalue weighted by molar-refractivity contribution is -0.129. The molecule has 0 aliphatic heterocycles. The molecular weight excluding hydrogens is 274 g/mol. The third-order valence-corrected chi connectivity index (χ3v) is 2.66. The zero-order valence-electron chi connectivity index (χ0n) is 12.2. The van der Waals surface area contributed by atoms with Crippen molar-refractivity contribution in [2.75, 3.05) is 6.54 Å². The van der Waals surface area contributed by atoms with Crippen molar-refractivity contribution in [2.45, 2.75) is 26.8 Å². The number of nitrogens with one attached hydrogen (secondary N) is 2. The number of hydrogen-bond donors (Lipinski definition) is 3. The third-order valence-electron chi connectivity index (χ3n) is 2.66. The van der Waals surface area contributed by atoms with Crippen molar-refractivity contribution in [3.05, 3.63) is 24.3 Å². The Kier molecular flexibility index (Phi) is 5.34. The Hall–Kier alpha value is -2.51. The SMILES string of the molecule is CC(C)(C)[C@H](NC(=O)CNC(=O)c1cnccn1)C(N)=O. The second-order valence-electron chi connectivity index (χ2n) is 5.54. The minimum Gasteiger partial charge on any atom is -0.368 e. The number of hydrogen-bond acceptors (Lipinski definition) is 5. The highest BCUT2D eigenvalue weighted by Crippen LogP contribution is 2.18. The van der Waals surface area contributed by atoms with Crippen molar-refractivity contribution in [2.24, 2.45) is 11.1 Å². The molecule has 1 atom stereocenters. The van der Waals surface area contributed by atoms with E-state index in [4.69, 9.17) is 5.73 Å². The van der Waals surface area contributed by atoms with Crippen LogP contribution in [0.2, 0.25) is 0 Å². The number of carbonyl (C=O) groups is 3. The first-order valence-corrected chi connectivity index (χ1v) is 6.34. The monoisotopic (exact) mass is 293 g/mol. The molecule has 3 amide bonds. The average molecular weight is 293 g/mol. The van der Waals surface area contributed by atoms with Crippen LogP contribution >= 0.6 is 0 Å². The zero-order valence-corrected chi connectivity index (χ0v) is 12.2. The normalized spacial score (nSPS) is 12.3. The molecule has 0 aliphatic rings. The van der Waals surface area contributed by atoms with Gasteiger partial charge in [-0.05, 0) is 5.41 Å². The second kappa shape index (κ2) is 6.78. The number of rotatable bonds is 5. The van der Waals surface area contributed by atoms with E-state index in [1.165, 1.54) is 18.6 Å². The van der Waals surface area contributed by atoms with Crippen LogP contribution in [0.1, 0.15) is 31.3 Å².